The average Bonchev–Trinajstić information content (AvgIpc) is 2.02. The molecule has 0 bridgehead atoms. The van der Waals surface area contributed by atoms with Crippen LogP contribution in [0.1, 0.15) is 46.0 Å². The molecule has 0 atom stereocenters. The van der Waals surface area contributed by atoms with Crippen LogP contribution < -0.4 is 0 Å². The number of carbonyl (C=O) groups excluding carboxylic acids is 1. The number of rotatable bonds is 8. The van der Waals surface area contributed by atoms with Gasteiger partial charge in [0.2, 0.25) is 0 Å². The van der Waals surface area contributed by atoms with Crippen molar-refractivity contribution in [2.24, 2.45) is 0 Å². The zero-order valence-corrected chi connectivity index (χ0v) is 9.08. The number of hydrogen-bond acceptors (Lipinski definition) is 2. The number of hydrogen-bond donors (Lipinski definition) is 0. The van der Waals surface area contributed by atoms with Crippen LogP contribution in [0.15, 0.2) is 0 Å². The Morgan fingerprint density at radius 2 is 1.83 bits per heavy atom. The number of carbonyl (C=O) groups is 1. The summed E-state index contributed by atoms with van der Waals surface area (Å²) >= 11 is 2.02. The summed E-state index contributed by atoms with van der Waals surface area (Å²) in [6.07, 6.45) is 5.68. The molecule has 0 aliphatic rings. The van der Waals surface area contributed by atoms with E-state index in [0.29, 0.717) is 5.78 Å². The van der Waals surface area contributed by atoms with Crippen molar-refractivity contribution in [3.05, 3.63) is 0 Å². The zero-order chi connectivity index (χ0) is 9.23. The van der Waals surface area contributed by atoms with Crippen molar-refractivity contribution >= 4 is 17.5 Å². The lowest BCUT2D eigenvalue weighted by molar-refractivity contribution is -0.117. The van der Waals surface area contributed by atoms with Gasteiger partial charge in [0.05, 0.1) is 0 Å². The summed E-state index contributed by atoms with van der Waals surface area (Å²) in [6.45, 7) is 3.89. The van der Waals surface area contributed by atoms with E-state index >= 15 is 0 Å². The fraction of sp³-hybridized carbons (Fsp3) is 0.900. The number of ketones is 1. The van der Waals surface area contributed by atoms with E-state index in [4.69, 9.17) is 0 Å². The first-order valence-electron chi connectivity index (χ1n) is 4.84. The molecule has 0 rings (SSSR count). The first kappa shape index (κ1) is 12.0. The van der Waals surface area contributed by atoms with Gasteiger partial charge in [-0.05, 0) is 37.7 Å². The maximum Gasteiger partial charge on any atom is 0.129 e. The van der Waals surface area contributed by atoms with Gasteiger partial charge in [0.15, 0.2) is 0 Å². The highest BCUT2D eigenvalue weighted by Gasteiger charge is 1.93. The number of thioether (sulfide) groups is 1. The highest BCUT2D eigenvalue weighted by atomic mass is 32.2. The molecule has 0 aliphatic carbocycles. The molecule has 0 aliphatic heterocycles. The maximum atomic E-state index is 10.6. The minimum Gasteiger partial charge on any atom is -0.300 e. The Hall–Kier alpha value is 0.0200. The van der Waals surface area contributed by atoms with Crippen LogP contribution in [0.5, 0.6) is 0 Å². The second-order valence-electron chi connectivity index (χ2n) is 3.13. The van der Waals surface area contributed by atoms with Gasteiger partial charge in [0.1, 0.15) is 5.78 Å². The lowest BCUT2D eigenvalue weighted by Crippen LogP contribution is -1.90. The Kier molecular flexibility index (Phi) is 9.13. The third-order valence-electron chi connectivity index (χ3n) is 1.71. The van der Waals surface area contributed by atoms with Crippen LogP contribution in [0.4, 0.5) is 0 Å². The second-order valence-corrected chi connectivity index (χ2v) is 4.35. The van der Waals surface area contributed by atoms with Crippen LogP contribution in [-0.4, -0.2) is 17.3 Å². The average molecular weight is 188 g/mol. The van der Waals surface area contributed by atoms with Crippen molar-refractivity contribution in [2.75, 3.05) is 11.5 Å². The van der Waals surface area contributed by atoms with Gasteiger partial charge < -0.3 is 4.79 Å². The summed E-state index contributed by atoms with van der Waals surface area (Å²) in [5.41, 5.74) is 0. The Labute approximate surface area is 80.3 Å². The van der Waals surface area contributed by atoms with E-state index in [1.807, 2.05) is 11.8 Å². The standard InChI is InChI=1S/C10H20OS/c1-3-4-8-12-9-6-5-7-10(2)11/h3-9H2,1-2H3. The van der Waals surface area contributed by atoms with Crippen LogP contribution in [0, 0.1) is 0 Å². The molecule has 0 unspecified atom stereocenters. The molecule has 72 valence electrons. The van der Waals surface area contributed by atoms with Crippen LogP contribution in [0.25, 0.3) is 0 Å². The minimum absolute atomic E-state index is 0.327. The van der Waals surface area contributed by atoms with E-state index in [2.05, 4.69) is 6.92 Å². The van der Waals surface area contributed by atoms with E-state index in [0.717, 1.165) is 12.8 Å². The van der Waals surface area contributed by atoms with Crippen molar-refractivity contribution in [3.63, 3.8) is 0 Å². The predicted molar refractivity (Wildman–Crippen MR) is 56.8 cm³/mol. The Balaban J connectivity index is 2.86. The molecular formula is C10H20OS. The van der Waals surface area contributed by atoms with Crippen LogP contribution in [-0.2, 0) is 4.79 Å². The summed E-state index contributed by atoms with van der Waals surface area (Å²) < 4.78 is 0. The van der Waals surface area contributed by atoms with Gasteiger partial charge in [-0.3, -0.25) is 0 Å². The Morgan fingerprint density at radius 1 is 1.17 bits per heavy atom. The summed E-state index contributed by atoms with van der Waals surface area (Å²) in [5.74, 6) is 2.85. The fourth-order valence-electron chi connectivity index (χ4n) is 0.927. The summed E-state index contributed by atoms with van der Waals surface area (Å²) in [5, 5.41) is 0. The van der Waals surface area contributed by atoms with Crippen LogP contribution in [0.2, 0.25) is 0 Å². The second kappa shape index (κ2) is 9.11. The van der Waals surface area contributed by atoms with Crippen molar-refractivity contribution in [1.82, 2.24) is 0 Å². The third-order valence-corrected chi connectivity index (χ3v) is 2.86. The first-order chi connectivity index (χ1) is 5.77. The molecule has 0 spiro atoms. The molecule has 0 heterocycles. The van der Waals surface area contributed by atoms with Gasteiger partial charge in [-0.2, -0.15) is 11.8 Å². The van der Waals surface area contributed by atoms with Gasteiger partial charge in [-0.15, -0.1) is 0 Å². The monoisotopic (exact) mass is 188 g/mol. The van der Waals surface area contributed by atoms with Crippen LogP contribution in [0.3, 0.4) is 0 Å². The summed E-state index contributed by atoms with van der Waals surface area (Å²) in [6, 6.07) is 0. The van der Waals surface area contributed by atoms with Crippen molar-refractivity contribution < 1.29 is 4.79 Å². The molecule has 0 N–H and O–H groups in total. The number of unbranched alkanes of at least 4 members (excludes halogenated alkanes) is 2. The smallest absolute Gasteiger partial charge is 0.129 e. The molecule has 2 heteroatoms. The largest absolute Gasteiger partial charge is 0.300 e. The van der Waals surface area contributed by atoms with E-state index in [9.17, 15) is 4.79 Å². The van der Waals surface area contributed by atoms with E-state index in [1.165, 1.54) is 30.8 Å². The highest BCUT2D eigenvalue weighted by molar-refractivity contribution is 7.99. The quantitative estimate of drug-likeness (QED) is 0.544. The lowest BCUT2D eigenvalue weighted by Gasteiger charge is -1.99. The summed E-state index contributed by atoms with van der Waals surface area (Å²) in [7, 11) is 0. The molecule has 0 aromatic rings. The number of Topliss-reactive ketones (excluding diaryl/α,β-unsaturated/α-hetero) is 1. The zero-order valence-electron chi connectivity index (χ0n) is 8.27. The molecule has 0 aromatic carbocycles. The molecule has 0 aromatic heterocycles. The molecule has 0 fully saturated rings. The third kappa shape index (κ3) is 10.0. The lowest BCUT2D eigenvalue weighted by atomic mass is 10.2. The van der Waals surface area contributed by atoms with Gasteiger partial charge in [-0.1, -0.05) is 13.3 Å². The van der Waals surface area contributed by atoms with Crippen molar-refractivity contribution in [2.45, 2.75) is 46.0 Å². The molecule has 0 amide bonds. The summed E-state index contributed by atoms with van der Waals surface area (Å²) in [4.78, 5) is 10.6. The molecule has 1 nitrogen and oxygen atoms in total. The van der Waals surface area contributed by atoms with Gasteiger partial charge in [-0.25, -0.2) is 0 Å². The van der Waals surface area contributed by atoms with Crippen molar-refractivity contribution in [1.29, 1.82) is 0 Å². The normalized spacial score (nSPS) is 10.2. The molecule has 0 saturated carbocycles. The van der Waals surface area contributed by atoms with Gasteiger partial charge >= 0.3 is 0 Å². The predicted octanol–water partition coefficient (Wildman–Crippen LogP) is 3.28. The van der Waals surface area contributed by atoms with Crippen molar-refractivity contribution in [3.8, 4) is 0 Å². The van der Waals surface area contributed by atoms with Gasteiger partial charge in [0, 0.05) is 6.42 Å². The van der Waals surface area contributed by atoms with E-state index < -0.39 is 0 Å². The van der Waals surface area contributed by atoms with E-state index in [1.54, 1.807) is 6.92 Å². The molecule has 0 saturated heterocycles. The molecule has 12 heavy (non-hydrogen) atoms. The maximum absolute atomic E-state index is 10.6. The van der Waals surface area contributed by atoms with E-state index in [-0.39, 0.29) is 0 Å². The SMILES string of the molecule is CCCCSCCCCC(C)=O. The minimum atomic E-state index is 0.327. The van der Waals surface area contributed by atoms with Gasteiger partial charge in [0.25, 0.3) is 0 Å². The fourth-order valence-corrected chi connectivity index (χ4v) is 2.03. The first-order valence-corrected chi connectivity index (χ1v) is 6.00. The molecular weight excluding hydrogens is 168 g/mol. The topological polar surface area (TPSA) is 17.1 Å². The highest BCUT2D eigenvalue weighted by Crippen LogP contribution is 2.08. The van der Waals surface area contributed by atoms with Crippen LogP contribution >= 0.6 is 11.8 Å². The Bertz CT molecular complexity index is 112. The molecule has 0 radical (unpaired) electrons. The Morgan fingerprint density at radius 3 is 2.42 bits per heavy atom.